The predicted molar refractivity (Wildman–Crippen MR) is 56.1 cm³/mol. The summed E-state index contributed by atoms with van der Waals surface area (Å²) in [4.78, 5) is 22.5. The zero-order valence-corrected chi connectivity index (χ0v) is 9.10. The van der Waals surface area contributed by atoms with Crippen molar-refractivity contribution in [2.24, 2.45) is 5.92 Å². The summed E-state index contributed by atoms with van der Waals surface area (Å²) in [5.74, 6) is -5.18. The molecule has 1 saturated heterocycles. The van der Waals surface area contributed by atoms with Crippen LogP contribution in [0.3, 0.4) is 0 Å². The second kappa shape index (κ2) is 4.67. The van der Waals surface area contributed by atoms with Crippen LogP contribution in [0.1, 0.15) is 6.42 Å². The highest BCUT2D eigenvalue weighted by molar-refractivity contribution is 5.97. The molecule has 2 rings (SSSR count). The minimum atomic E-state index is -1.33. The Labute approximate surface area is 100 Å². The standard InChI is InChI=1S/C11H9F3N2O2/c12-6-2-8(14)9(3-7(6)13)16-11(18)5-1-10(17)15-4-5/h2-3,5H,1,4H2,(H,15,17)(H,16,18). The minimum Gasteiger partial charge on any atom is -0.355 e. The topological polar surface area (TPSA) is 58.2 Å². The van der Waals surface area contributed by atoms with E-state index in [0.29, 0.717) is 12.1 Å². The fourth-order valence-electron chi connectivity index (χ4n) is 1.64. The van der Waals surface area contributed by atoms with Gasteiger partial charge in [-0.25, -0.2) is 13.2 Å². The third kappa shape index (κ3) is 2.44. The van der Waals surface area contributed by atoms with E-state index in [-0.39, 0.29) is 18.9 Å². The average molecular weight is 258 g/mol. The van der Waals surface area contributed by atoms with Gasteiger partial charge in [-0.05, 0) is 0 Å². The van der Waals surface area contributed by atoms with Crippen molar-refractivity contribution in [3.8, 4) is 0 Å². The fourth-order valence-corrected chi connectivity index (χ4v) is 1.64. The van der Waals surface area contributed by atoms with Crippen LogP contribution in [0.5, 0.6) is 0 Å². The molecule has 1 heterocycles. The van der Waals surface area contributed by atoms with Gasteiger partial charge in [0.05, 0.1) is 11.6 Å². The Balaban J connectivity index is 2.12. The highest BCUT2D eigenvalue weighted by Crippen LogP contribution is 2.20. The fraction of sp³-hybridized carbons (Fsp3) is 0.273. The van der Waals surface area contributed by atoms with E-state index in [1.165, 1.54) is 0 Å². The van der Waals surface area contributed by atoms with Gasteiger partial charge in [0, 0.05) is 25.1 Å². The number of carbonyl (C=O) groups is 2. The number of nitrogens with one attached hydrogen (secondary N) is 2. The van der Waals surface area contributed by atoms with E-state index in [1.807, 2.05) is 0 Å². The summed E-state index contributed by atoms with van der Waals surface area (Å²) in [6.07, 6.45) is -0.00285. The van der Waals surface area contributed by atoms with Crippen LogP contribution in [0.2, 0.25) is 0 Å². The lowest BCUT2D eigenvalue weighted by atomic mass is 10.1. The lowest BCUT2D eigenvalue weighted by Gasteiger charge is -2.10. The zero-order chi connectivity index (χ0) is 13.3. The van der Waals surface area contributed by atoms with Crippen molar-refractivity contribution >= 4 is 17.5 Å². The molecule has 0 aliphatic carbocycles. The monoisotopic (exact) mass is 258 g/mol. The summed E-state index contributed by atoms with van der Waals surface area (Å²) in [7, 11) is 0. The zero-order valence-electron chi connectivity index (χ0n) is 9.10. The molecular formula is C11H9F3N2O2. The SMILES string of the molecule is O=C1CC(C(=O)Nc2cc(F)c(F)cc2F)CN1. The third-order valence-corrected chi connectivity index (χ3v) is 2.62. The van der Waals surface area contributed by atoms with Gasteiger partial charge in [-0.2, -0.15) is 0 Å². The summed E-state index contributed by atoms with van der Waals surface area (Å²) in [6, 6.07) is 0.912. The Morgan fingerprint density at radius 2 is 1.89 bits per heavy atom. The van der Waals surface area contributed by atoms with Gasteiger partial charge < -0.3 is 10.6 Å². The van der Waals surface area contributed by atoms with Gasteiger partial charge in [-0.15, -0.1) is 0 Å². The van der Waals surface area contributed by atoms with Gasteiger partial charge in [0.15, 0.2) is 11.6 Å². The molecule has 96 valence electrons. The summed E-state index contributed by atoms with van der Waals surface area (Å²) >= 11 is 0. The molecule has 0 spiro atoms. The van der Waals surface area contributed by atoms with Gasteiger partial charge in [0.25, 0.3) is 0 Å². The molecule has 2 N–H and O–H groups in total. The van der Waals surface area contributed by atoms with Crippen LogP contribution < -0.4 is 10.6 Å². The lowest BCUT2D eigenvalue weighted by molar-refractivity contribution is -0.123. The quantitative estimate of drug-likeness (QED) is 0.782. The van der Waals surface area contributed by atoms with Gasteiger partial charge in [0.1, 0.15) is 5.82 Å². The van der Waals surface area contributed by atoms with Crippen LogP contribution >= 0.6 is 0 Å². The summed E-state index contributed by atoms with van der Waals surface area (Å²) in [6.45, 7) is 0.149. The number of rotatable bonds is 2. The van der Waals surface area contributed by atoms with E-state index < -0.39 is 35.0 Å². The third-order valence-electron chi connectivity index (χ3n) is 2.62. The highest BCUT2D eigenvalue weighted by Gasteiger charge is 2.28. The van der Waals surface area contributed by atoms with E-state index in [2.05, 4.69) is 10.6 Å². The van der Waals surface area contributed by atoms with Crippen molar-refractivity contribution in [2.75, 3.05) is 11.9 Å². The van der Waals surface area contributed by atoms with Gasteiger partial charge in [-0.3, -0.25) is 9.59 Å². The summed E-state index contributed by atoms with van der Waals surface area (Å²) in [5.41, 5.74) is -0.446. The first kappa shape index (κ1) is 12.4. The van der Waals surface area contributed by atoms with Gasteiger partial charge in [-0.1, -0.05) is 0 Å². The molecule has 1 aromatic rings. The maximum atomic E-state index is 13.3. The molecule has 1 unspecified atom stereocenters. The molecule has 18 heavy (non-hydrogen) atoms. The number of hydrogen-bond donors (Lipinski definition) is 2. The molecular weight excluding hydrogens is 249 g/mol. The Hall–Kier alpha value is -2.05. The Morgan fingerprint density at radius 3 is 2.50 bits per heavy atom. The molecule has 0 radical (unpaired) electrons. The van der Waals surface area contributed by atoms with Crippen molar-refractivity contribution in [2.45, 2.75) is 6.42 Å². The van der Waals surface area contributed by atoms with Crippen LogP contribution in [0.25, 0.3) is 0 Å². The second-order valence-electron chi connectivity index (χ2n) is 3.94. The Kier molecular flexibility index (Phi) is 3.22. The van der Waals surface area contributed by atoms with Crippen LogP contribution in [0.4, 0.5) is 18.9 Å². The number of amides is 2. The second-order valence-corrected chi connectivity index (χ2v) is 3.94. The largest absolute Gasteiger partial charge is 0.355 e. The van der Waals surface area contributed by atoms with Crippen molar-refractivity contribution in [1.82, 2.24) is 5.32 Å². The van der Waals surface area contributed by atoms with Crippen molar-refractivity contribution < 1.29 is 22.8 Å². The number of anilines is 1. The first-order chi connectivity index (χ1) is 8.47. The molecule has 1 aliphatic rings. The molecule has 0 saturated carbocycles. The maximum Gasteiger partial charge on any atom is 0.229 e. The predicted octanol–water partition coefficient (Wildman–Crippen LogP) is 1.18. The van der Waals surface area contributed by atoms with Crippen molar-refractivity contribution in [1.29, 1.82) is 0 Å². The van der Waals surface area contributed by atoms with Crippen LogP contribution in [-0.2, 0) is 9.59 Å². The van der Waals surface area contributed by atoms with E-state index in [1.54, 1.807) is 0 Å². The molecule has 7 heteroatoms. The van der Waals surface area contributed by atoms with E-state index >= 15 is 0 Å². The van der Waals surface area contributed by atoms with Crippen LogP contribution in [-0.4, -0.2) is 18.4 Å². The van der Waals surface area contributed by atoms with Crippen molar-refractivity contribution in [3.63, 3.8) is 0 Å². The highest BCUT2D eigenvalue weighted by atomic mass is 19.2. The minimum absolute atomic E-state index is 0.00285. The molecule has 4 nitrogen and oxygen atoms in total. The molecule has 1 atom stereocenters. The molecule has 1 fully saturated rings. The number of benzene rings is 1. The number of halogens is 3. The lowest BCUT2D eigenvalue weighted by Crippen LogP contribution is -2.25. The van der Waals surface area contributed by atoms with Crippen LogP contribution in [0.15, 0.2) is 12.1 Å². The summed E-state index contributed by atoms with van der Waals surface area (Å²) < 4.78 is 38.8. The number of carbonyl (C=O) groups excluding carboxylic acids is 2. The van der Waals surface area contributed by atoms with E-state index in [9.17, 15) is 22.8 Å². The van der Waals surface area contributed by atoms with Gasteiger partial charge in [0.2, 0.25) is 11.8 Å². The first-order valence-electron chi connectivity index (χ1n) is 5.19. The molecule has 1 aromatic carbocycles. The van der Waals surface area contributed by atoms with Crippen molar-refractivity contribution in [3.05, 3.63) is 29.6 Å². The molecule has 0 bridgehead atoms. The first-order valence-corrected chi connectivity index (χ1v) is 5.19. The number of hydrogen-bond acceptors (Lipinski definition) is 2. The van der Waals surface area contributed by atoms with E-state index in [4.69, 9.17) is 0 Å². The average Bonchev–Trinajstić information content (AvgIpc) is 2.73. The normalized spacial score (nSPS) is 18.6. The smallest absolute Gasteiger partial charge is 0.229 e. The Morgan fingerprint density at radius 1 is 1.22 bits per heavy atom. The van der Waals surface area contributed by atoms with E-state index in [0.717, 1.165) is 0 Å². The van der Waals surface area contributed by atoms with Crippen LogP contribution in [0, 0.1) is 23.4 Å². The Bertz CT molecular complexity index is 519. The molecule has 2 amide bonds. The summed E-state index contributed by atoms with van der Waals surface area (Å²) in [5, 5.41) is 4.57. The molecule has 0 aromatic heterocycles. The van der Waals surface area contributed by atoms with Gasteiger partial charge >= 0.3 is 0 Å². The maximum absolute atomic E-state index is 13.3. The molecule has 1 aliphatic heterocycles.